The van der Waals surface area contributed by atoms with Crippen molar-refractivity contribution in [2.75, 3.05) is 11.6 Å². The van der Waals surface area contributed by atoms with Gasteiger partial charge < -0.3 is 9.88 Å². The molecule has 14 heteroatoms. The van der Waals surface area contributed by atoms with Crippen LogP contribution in [0.4, 0.5) is 18.9 Å². The molecule has 0 fully saturated rings. The molecular weight excluding hydrogens is 561 g/mol. The molecule has 1 aliphatic rings. The zero-order valence-corrected chi connectivity index (χ0v) is 22.5. The zero-order chi connectivity index (χ0) is 29.8. The zero-order valence-electron chi connectivity index (χ0n) is 21.7. The number of amides is 1. The number of aryl methyl sites for hydroxylation is 1. The number of fused-ring (bicyclic) bond motifs is 1. The molecule has 5 rings (SSSR count). The highest BCUT2D eigenvalue weighted by Crippen LogP contribution is 2.33. The Labute approximate surface area is 233 Å². The molecule has 0 radical (unpaired) electrons. The van der Waals surface area contributed by atoms with Gasteiger partial charge in [-0.05, 0) is 60.9 Å². The molecule has 212 valence electrons. The first-order chi connectivity index (χ1) is 19.3. The van der Waals surface area contributed by atoms with Gasteiger partial charge in [0.15, 0.2) is 0 Å². The highest BCUT2D eigenvalue weighted by Gasteiger charge is 2.31. The number of nitrogens with zero attached hydrogens (tertiary/aromatic N) is 5. The molecule has 1 amide bonds. The molecule has 3 heterocycles. The third kappa shape index (κ3) is 8.07. The molecule has 0 bridgehead atoms. The van der Waals surface area contributed by atoms with E-state index in [1.165, 1.54) is 29.4 Å². The second kappa shape index (κ2) is 11.7. The van der Waals surface area contributed by atoms with Crippen LogP contribution < -0.4 is 5.32 Å². The molecule has 2 aromatic carbocycles. The average Bonchev–Trinajstić information content (AvgIpc) is 3.59. The van der Waals surface area contributed by atoms with Crippen LogP contribution in [-0.2, 0) is 23.0 Å². The summed E-state index contributed by atoms with van der Waals surface area (Å²) in [5, 5.41) is 6.81. The Morgan fingerprint density at radius 1 is 1.12 bits per heavy atom. The van der Waals surface area contributed by atoms with E-state index in [4.69, 9.17) is 4.55 Å². The van der Waals surface area contributed by atoms with Gasteiger partial charge in [-0.25, -0.2) is 9.67 Å². The lowest BCUT2D eigenvalue weighted by Gasteiger charge is -2.18. The summed E-state index contributed by atoms with van der Waals surface area (Å²) in [6, 6.07) is 13.3. The molecule has 0 spiro atoms. The van der Waals surface area contributed by atoms with Gasteiger partial charge in [0.05, 0.1) is 23.8 Å². The number of halogens is 3. The number of aromatic nitrogens is 4. The van der Waals surface area contributed by atoms with Gasteiger partial charge in [-0.2, -0.15) is 26.7 Å². The van der Waals surface area contributed by atoms with E-state index in [0.29, 0.717) is 18.5 Å². The van der Waals surface area contributed by atoms with Crippen molar-refractivity contribution in [2.45, 2.75) is 19.8 Å². The Balaban J connectivity index is 0.000000714. The molecule has 2 aromatic heterocycles. The van der Waals surface area contributed by atoms with Gasteiger partial charge in [-0.15, -0.1) is 0 Å². The molecule has 0 aliphatic carbocycles. The van der Waals surface area contributed by atoms with Crippen molar-refractivity contribution in [1.82, 2.24) is 24.2 Å². The number of rotatable bonds is 3. The minimum atomic E-state index is -4.58. The van der Waals surface area contributed by atoms with Gasteiger partial charge in [0.2, 0.25) is 0 Å². The minimum Gasteiger partial charge on any atom is -0.322 e. The molecule has 1 aliphatic heterocycles. The van der Waals surface area contributed by atoms with E-state index in [2.05, 4.69) is 27.4 Å². The Bertz CT molecular complexity index is 1760. The standard InChI is InChI=1S/C26H19F3N6O.CH4O3S/c1-18-2-3-20(12-19(18)5-9-33-10-6-23-4-7-31-35(23)17-33)25(36)32-22-13-21(26(27,28)29)14-24(15-22)34-11-8-30-16-34;1-5(2,3)4/h2-4,6-8,10-16H,17H2,1H3,(H,32,36);1H3,(H,2,3,4). The van der Waals surface area contributed by atoms with E-state index >= 15 is 0 Å². The van der Waals surface area contributed by atoms with Crippen LogP contribution in [0.1, 0.15) is 32.7 Å². The highest BCUT2D eigenvalue weighted by molar-refractivity contribution is 7.85. The Kier molecular flexibility index (Phi) is 8.31. The first-order valence-corrected chi connectivity index (χ1v) is 13.6. The summed E-state index contributed by atoms with van der Waals surface area (Å²) in [5.41, 5.74) is 2.10. The molecule has 0 atom stereocenters. The Hall–Kier alpha value is -4.87. The van der Waals surface area contributed by atoms with Crippen molar-refractivity contribution in [3.05, 3.63) is 102 Å². The highest BCUT2D eigenvalue weighted by atomic mass is 32.2. The number of alkyl halides is 3. The lowest BCUT2D eigenvalue weighted by molar-refractivity contribution is -0.137. The fourth-order valence-corrected chi connectivity index (χ4v) is 3.67. The van der Waals surface area contributed by atoms with Crippen molar-refractivity contribution in [1.29, 1.82) is 0 Å². The van der Waals surface area contributed by atoms with Gasteiger partial charge in [0.25, 0.3) is 16.0 Å². The first-order valence-electron chi connectivity index (χ1n) is 11.8. The average molecular weight is 585 g/mol. The fraction of sp³-hybridized carbons (Fsp3) is 0.148. The predicted octanol–water partition coefficient (Wildman–Crippen LogP) is 4.41. The quantitative estimate of drug-likeness (QED) is 0.270. The number of anilines is 1. The van der Waals surface area contributed by atoms with Gasteiger partial charge in [-0.3, -0.25) is 14.2 Å². The Morgan fingerprint density at radius 3 is 2.56 bits per heavy atom. The monoisotopic (exact) mass is 584 g/mol. The van der Waals surface area contributed by atoms with E-state index < -0.39 is 27.8 Å². The van der Waals surface area contributed by atoms with Crippen LogP contribution in [0.25, 0.3) is 11.8 Å². The summed E-state index contributed by atoms with van der Waals surface area (Å²) in [5.74, 6) is 2.52. The second-order valence-electron chi connectivity index (χ2n) is 8.87. The summed E-state index contributed by atoms with van der Waals surface area (Å²) in [4.78, 5) is 18.6. The lowest BCUT2D eigenvalue weighted by Crippen LogP contribution is -2.21. The van der Waals surface area contributed by atoms with Crippen LogP contribution in [0.3, 0.4) is 0 Å². The molecule has 41 heavy (non-hydrogen) atoms. The number of nitrogens with one attached hydrogen (secondary N) is 1. The molecule has 10 nitrogen and oxygen atoms in total. The fourth-order valence-electron chi connectivity index (χ4n) is 3.67. The molecular formula is C27H23F3N6O4S. The number of benzene rings is 2. The van der Waals surface area contributed by atoms with Crippen LogP contribution in [0.15, 0.2) is 73.6 Å². The smallest absolute Gasteiger partial charge is 0.322 e. The summed E-state index contributed by atoms with van der Waals surface area (Å²) >= 11 is 0. The van der Waals surface area contributed by atoms with E-state index in [0.717, 1.165) is 23.4 Å². The topological polar surface area (TPSA) is 122 Å². The van der Waals surface area contributed by atoms with Crippen LogP contribution in [0.5, 0.6) is 0 Å². The summed E-state index contributed by atoms with van der Waals surface area (Å²) in [6.07, 6.45) is 5.96. The summed E-state index contributed by atoms with van der Waals surface area (Å²) in [7, 11) is -3.67. The van der Waals surface area contributed by atoms with E-state index in [-0.39, 0.29) is 16.9 Å². The van der Waals surface area contributed by atoms with Crippen molar-refractivity contribution in [3.63, 3.8) is 0 Å². The third-order valence-corrected chi connectivity index (χ3v) is 5.60. The maximum atomic E-state index is 13.5. The molecule has 0 saturated carbocycles. The van der Waals surface area contributed by atoms with Crippen molar-refractivity contribution in [3.8, 4) is 17.7 Å². The number of hydrogen-bond acceptors (Lipinski definition) is 6. The number of imidazole rings is 1. The van der Waals surface area contributed by atoms with E-state index in [1.807, 2.05) is 25.3 Å². The van der Waals surface area contributed by atoms with Crippen LogP contribution >= 0.6 is 0 Å². The van der Waals surface area contributed by atoms with E-state index in [1.54, 1.807) is 34.0 Å². The summed E-state index contributed by atoms with van der Waals surface area (Å²) in [6.45, 7) is 2.34. The second-order valence-corrected chi connectivity index (χ2v) is 10.3. The van der Waals surface area contributed by atoms with Gasteiger partial charge in [0.1, 0.15) is 6.67 Å². The van der Waals surface area contributed by atoms with Crippen molar-refractivity contribution < 1.29 is 30.9 Å². The number of carbonyl (C=O) groups is 1. The maximum absolute atomic E-state index is 13.5. The molecule has 0 unspecified atom stereocenters. The third-order valence-electron chi connectivity index (χ3n) is 5.60. The maximum Gasteiger partial charge on any atom is 0.416 e. The van der Waals surface area contributed by atoms with Crippen LogP contribution in [-0.4, -0.2) is 49.4 Å². The molecule has 0 saturated heterocycles. The minimum absolute atomic E-state index is 0.0141. The lowest BCUT2D eigenvalue weighted by atomic mass is 10.0. The van der Waals surface area contributed by atoms with Gasteiger partial charge in [-0.1, -0.05) is 6.07 Å². The predicted molar refractivity (Wildman–Crippen MR) is 145 cm³/mol. The van der Waals surface area contributed by atoms with Crippen molar-refractivity contribution >= 4 is 27.8 Å². The van der Waals surface area contributed by atoms with Gasteiger partial charge in [0, 0.05) is 53.3 Å². The van der Waals surface area contributed by atoms with Crippen LogP contribution in [0.2, 0.25) is 0 Å². The number of carbonyl (C=O) groups excluding carboxylic acids is 1. The van der Waals surface area contributed by atoms with Crippen LogP contribution in [0, 0.1) is 18.9 Å². The molecule has 4 aromatic rings. The van der Waals surface area contributed by atoms with Crippen molar-refractivity contribution in [2.24, 2.45) is 0 Å². The molecule has 2 N–H and O–H groups in total. The largest absolute Gasteiger partial charge is 0.416 e. The van der Waals surface area contributed by atoms with Gasteiger partial charge >= 0.3 is 6.18 Å². The van der Waals surface area contributed by atoms with E-state index in [9.17, 15) is 26.4 Å². The number of hydrogen-bond donors (Lipinski definition) is 2. The summed E-state index contributed by atoms with van der Waals surface area (Å²) < 4.78 is 69.6. The normalized spacial score (nSPS) is 12.5. The Morgan fingerprint density at radius 2 is 1.88 bits per heavy atom. The SMILES string of the molecule is CS(=O)(=O)O.Cc1ccc(C(=O)Nc2cc(-n3ccnc3)cc(C(F)(F)F)c2)cc1C#CN1C=Cc2ccnn2C1. The first kappa shape index (κ1) is 29.1.